The predicted octanol–water partition coefficient (Wildman–Crippen LogP) is 1.18. The smallest absolute Gasteiger partial charge is 0.0834 e. The summed E-state index contributed by atoms with van der Waals surface area (Å²) in [6.07, 6.45) is -0.242. The minimum Gasteiger partial charge on any atom is -0.390 e. The Morgan fingerprint density at radius 1 is 1.19 bits per heavy atom. The van der Waals surface area contributed by atoms with Crippen LogP contribution in [-0.4, -0.2) is 66.4 Å². The second-order valence-electron chi connectivity index (χ2n) is 6.41. The van der Waals surface area contributed by atoms with Gasteiger partial charge in [0.05, 0.1) is 19.3 Å². The number of aliphatic hydroxyl groups excluding tert-OH is 1. The molecule has 1 N–H and O–H groups in total. The first kappa shape index (κ1) is 15.0. The van der Waals surface area contributed by atoms with E-state index in [9.17, 15) is 5.11 Å². The predicted molar refractivity (Wildman–Crippen MR) is 83.4 cm³/mol. The van der Waals surface area contributed by atoms with Crippen molar-refractivity contribution < 1.29 is 9.84 Å². The van der Waals surface area contributed by atoms with E-state index in [1.165, 1.54) is 16.7 Å². The number of hydrogen-bond acceptors (Lipinski definition) is 4. The molecule has 4 nitrogen and oxygen atoms in total. The molecule has 0 aromatic heterocycles. The largest absolute Gasteiger partial charge is 0.390 e. The molecule has 0 unspecified atom stereocenters. The van der Waals surface area contributed by atoms with Crippen LogP contribution in [0, 0.1) is 13.8 Å². The van der Waals surface area contributed by atoms with Crippen LogP contribution in [0.2, 0.25) is 0 Å². The Balaban J connectivity index is 1.64. The van der Waals surface area contributed by atoms with Crippen LogP contribution in [0.3, 0.4) is 0 Å². The zero-order chi connectivity index (χ0) is 14.8. The number of β-amino-alcohol motifs (C(OH)–C–C–N with tert-alkyl or cyclic N) is 1. The molecule has 0 aliphatic carbocycles. The van der Waals surface area contributed by atoms with Crippen LogP contribution < -0.4 is 0 Å². The average molecular weight is 290 g/mol. The Bertz CT molecular complexity index is 486. The van der Waals surface area contributed by atoms with E-state index in [1.54, 1.807) is 0 Å². The summed E-state index contributed by atoms with van der Waals surface area (Å²) in [7, 11) is 0. The molecule has 0 radical (unpaired) electrons. The van der Waals surface area contributed by atoms with Crippen molar-refractivity contribution >= 4 is 0 Å². The minimum absolute atomic E-state index is 0.242. The highest BCUT2D eigenvalue weighted by molar-refractivity contribution is 5.30. The molecule has 116 valence electrons. The third-order valence-electron chi connectivity index (χ3n) is 4.75. The Morgan fingerprint density at radius 2 is 1.95 bits per heavy atom. The summed E-state index contributed by atoms with van der Waals surface area (Å²) in [6.45, 7) is 10.4. The number of morpholine rings is 1. The lowest BCUT2D eigenvalue weighted by Crippen LogP contribution is -2.48. The van der Waals surface area contributed by atoms with E-state index in [-0.39, 0.29) is 12.1 Å². The summed E-state index contributed by atoms with van der Waals surface area (Å²) < 4.78 is 5.41. The van der Waals surface area contributed by atoms with Gasteiger partial charge < -0.3 is 9.84 Å². The molecule has 1 aromatic carbocycles. The molecule has 21 heavy (non-hydrogen) atoms. The lowest BCUT2D eigenvalue weighted by Gasteiger charge is -2.33. The molecule has 3 rings (SSSR count). The molecule has 2 saturated heterocycles. The molecular formula is C17H26N2O2. The van der Waals surface area contributed by atoms with Gasteiger partial charge in [0.15, 0.2) is 0 Å². The van der Waals surface area contributed by atoms with Gasteiger partial charge in [-0.15, -0.1) is 0 Å². The maximum Gasteiger partial charge on any atom is 0.0834 e. The fourth-order valence-corrected chi connectivity index (χ4v) is 3.46. The van der Waals surface area contributed by atoms with Gasteiger partial charge in [0, 0.05) is 38.8 Å². The summed E-state index contributed by atoms with van der Waals surface area (Å²) in [4.78, 5) is 4.77. The van der Waals surface area contributed by atoms with E-state index >= 15 is 0 Å². The first-order valence-corrected chi connectivity index (χ1v) is 7.92. The van der Waals surface area contributed by atoms with Gasteiger partial charge >= 0.3 is 0 Å². The van der Waals surface area contributed by atoms with Crippen LogP contribution in [-0.2, 0) is 11.3 Å². The number of nitrogens with zero attached hydrogens (tertiary/aromatic N) is 2. The zero-order valence-corrected chi connectivity index (χ0v) is 13.1. The lowest BCUT2D eigenvalue weighted by atomic mass is 10.1. The second-order valence-corrected chi connectivity index (χ2v) is 6.41. The average Bonchev–Trinajstić information content (AvgIpc) is 2.84. The minimum atomic E-state index is -0.242. The lowest BCUT2D eigenvalue weighted by molar-refractivity contribution is -0.00618. The van der Waals surface area contributed by atoms with E-state index < -0.39 is 0 Å². The van der Waals surface area contributed by atoms with E-state index in [0.717, 1.165) is 45.9 Å². The summed E-state index contributed by atoms with van der Waals surface area (Å²) in [5.74, 6) is 0. The van der Waals surface area contributed by atoms with Gasteiger partial charge in [-0.05, 0) is 25.0 Å². The van der Waals surface area contributed by atoms with E-state index in [0.29, 0.717) is 0 Å². The highest BCUT2D eigenvalue weighted by Crippen LogP contribution is 2.21. The number of rotatable bonds is 3. The number of aryl methyl sites for hydroxylation is 2. The van der Waals surface area contributed by atoms with Gasteiger partial charge in [0.2, 0.25) is 0 Å². The van der Waals surface area contributed by atoms with Crippen molar-refractivity contribution in [1.82, 2.24) is 9.80 Å². The molecule has 2 heterocycles. The molecule has 0 bridgehead atoms. The molecular weight excluding hydrogens is 264 g/mol. The summed E-state index contributed by atoms with van der Waals surface area (Å²) in [5.41, 5.74) is 4.02. The maximum atomic E-state index is 10.4. The zero-order valence-electron chi connectivity index (χ0n) is 13.1. The van der Waals surface area contributed by atoms with Crippen LogP contribution in [0.4, 0.5) is 0 Å². The first-order chi connectivity index (χ1) is 10.1. The molecule has 2 aliphatic rings. The molecule has 2 aliphatic heterocycles. The fraction of sp³-hybridized carbons (Fsp3) is 0.647. The Hall–Kier alpha value is -0.940. The van der Waals surface area contributed by atoms with Crippen molar-refractivity contribution in [3.8, 4) is 0 Å². The van der Waals surface area contributed by atoms with Crippen LogP contribution in [0.1, 0.15) is 16.7 Å². The molecule has 4 heteroatoms. The van der Waals surface area contributed by atoms with Gasteiger partial charge in [0.1, 0.15) is 0 Å². The Kier molecular flexibility index (Phi) is 4.60. The van der Waals surface area contributed by atoms with Gasteiger partial charge in [-0.2, -0.15) is 0 Å². The molecule has 0 amide bonds. The third kappa shape index (κ3) is 3.46. The third-order valence-corrected chi connectivity index (χ3v) is 4.75. The SMILES string of the molecule is Cc1ccc(C)c(CN2C[C@H](O)[C@@H](N3CCOCC3)C2)c1. The first-order valence-electron chi connectivity index (χ1n) is 7.92. The highest BCUT2D eigenvalue weighted by atomic mass is 16.5. The second kappa shape index (κ2) is 6.44. The van der Waals surface area contributed by atoms with Crippen molar-refractivity contribution in [1.29, 1.82) is 0 Å². The Morgan fingerprint density at radius 3 is 2.71 bits per heavy atom. The van der Waals surface area contributed by atoms with Crippen molar-refractivity contribution in [3.05, 3.63) is 34.9 Å². The standard InChI is InChI=1S/C17H26N2O2/c1-13-3-4-14(2)15(9-13)10-18-11-16(17(20)12-18)19-5-7-21-8-6-19/h3-4,9,16-17,20H,5-8,10-12H2,1-2H3/t16-,17-/m0/s1. The van der Waals surface area contributed by atoms with Crippen molar-refractivity contribution in [3.63, 3.8) is 0 Å². The van der Waals surface area contributed by atoms with Crippen LogP contribution >= 0.6 is 0 Å². The molecule has 0 spiro atoms. The Labute approximate surface area is 127 Å². The molecule has 0 saturated carbocycles. The van der Waals surface area contributed by atoms with Gasteiger partial charge in [-0.25, -0.2) is 0 Å². The van der Waals surface area contributed by atoms with Gasteiger partial charge in [-0.3, -0.25) is 9.80 Å². The van der Waals surface area contributed by atoms with E-state index in [1.807, 2.05) is 0 Å². The topological polar surface area (TPSA) is 35.9 Å². The van der Waals surface area contributed by atoms with E-state index in [2.05, 4.69) is 41.8 Å². The quantitative estimate of drug-likeness (QED) is 0.907. The number of benzene rings is 1. The monoisotopic (exact) mass is 290 g/mol. The molecule has 1 aromatic rings. The molecule has 2 atom stereocenters. The highest BCUT2D eigenvalue weighted by Gasteiger charge is 2.35. The van der Waals surface area contributed by atoms with Crippen molar-refractivity contribution in [2.24, 2.45) is 0 Å². The normalized spacial score (nSPS) is 28.1. The van der Waals surface area contributed by atoms with E-state index in [4.69, 9.17) is 4.74 Å². The summed E-state index contributed by atoms with van der Waals surface area (Å²) in [6, 6.07) is 6.88. The number of ether oxygens (including phenoxy) is 1. The van der Waals surface area contributed by atoms with Crippen molar-refractivity contribution in [2.45, 2.75) is 32.5 Å². The summed E-state index contributed by atoms with van der Waals surface area (Å²) >= 11 is 0. The molecule has 2 fully saturated rings. The van der Waals surface area contributed by atoms with Gasteiger partial charge in [0.25, 0.3) is 0 Å². The van der Waals surface area contributed by atoms with Crippen molar-refractivity contribution in [2.75, 3.05) is 39.4 Å². The number of aliphatic hydroxyl groups is 1. The maximum absolute atomic E-state index is 10.4. The van der Waals surface area contributed by atoms with Crippen LogP contribution in [0.25, 0.3) is 0 Å². The number of hydrogen-bond donors (Lipinski definition) is 1. The summed E-state index contributed by atoms with van der Waals surface area (Å²) in [5, 5.41) is 10.4. The van der Waals surface area contributed by atoms with Crippen LogP contribution in [0.15, 0.2) is 18.2 Å². The van der Waals surface area contributed by atoms with Crippen LogP contribution in [0.5, 0.6) is 0 Å². The van der Waals surface area contributed by atoms with Gasteiger partial charge in [-0.1, -0.05) is 23.8 Å². The number of likely N-dealkylation sites (tertiary alicyclic amines) is 1. The fourth-order valence-electron chi connectivity index (χ4n) is 3.46.